The maximum Gasteiger partial charge on any atom is 0.131 e. The molecule has 0 spiro atoms. The highest BCUT2D eigenvalue weighted by Gasteiger charge is 2.19. The predicted molar refractivity (Wildman–Crippen MR) is 84.2 cm³/mol. The minimum Gasteiger partial charge on any atom is -0.383 e. The van der Waals surface area contributed by atoms with Crippen molar-refractivity contribution in [3.05, 3.63) is 29.6 Å². The molecule has 2 aromatic rings. The molecule has 0 bridgehead atoms. The lowest BCUT2D eigenvalue weighted by atomic mass is 10.1. The van der Waals surface area contributed by atoms with Crippen LogP contribution in [0.1, 0.15) is 31.3 Å². The molecule has 20 heavy (non-hydrogen) atoms. The maximum atomic E-state index is 6.30. The highest BCUT2D eigenvalue weighted by molar-refractivity contribution is 5.75. The van der Waals surface area contributed by atoms with Crippen molar-refractivity contribution in [2.24, 2.45) is 0 Å². The average molecular weight is 270 g/mol. The summed E-state index contributed by atoms with van der Waals surface area (Å²) >= 11 is 0. The van der Waals surface area contributed by atoms with Crippen LogP contribution in [0.3, 0.4) is 0 Å². The molecule has 0 amide bonds. The van der Waals surface area contributed by atoms with Crippen molar-refractivity contribution in [2.45, 2.75) is 33.2 Å². The Bertz CT molecular complexity index is 655. The van der Waals surface area contributed by atoms with Crippen LogP contribution < -0.4 is 10.6 Å². The van der Waals surface area contributed by atoms with E-state index in [9.17, 15) is 0 Å². The van der Waals surface area contributed by atoms with Crippen LogP contribution in [-0.4, -0.2) is 23.1 Å². The lowest BCUT2D eigenvalue weighted by Crippen LogP contribution is -2.12. The van der Waals surface area contributed by atoms with Gasteiger partial charge in [0, 0.05) is 30.9 Å². The van der Waals surface area contributed by atoms with Gasteiger partial charge >= 0.3 is 0 Å². The van der Waals surface area contributed by atoms with Crippen molar-refractivity contribution < 1.29 is 0 Å². The van der Waals surface area contributed by atoms with Crippen molar-refractivity contribution in [3.63, 3.8) is 0 Å². The van der Waals surface area contributed by atoms with Gasteiger partial charge in [0.05, 0.1) is 0 Å². The highest BCUT2D eigenvalue weighted by Crippen LogP contribution is 2.34. The van der Waals surface area contributed by atoms with Crippen LogP contribution >= 0.6 is 0 Å². The molecule has 0 saturated heterocycles. The number of anilines is 2. The third-order valence-electron chi connectivity index (χ3n) is 4.12. The molecule has 1 aromatic carbocycles. The lowest BCUT2D eigenvalue weighted by Gasteiger charge is -2.13. The quantitative estimate of drug-likeness (QED) is 0.912. The maximum absolute atomic E-state index is 6.30. The molecule has 3 rings (SSSR count). The van der Waals surface area contributed by atoms with Crippen LogP contribution in [0.4, 0.5) is 11.5 Å². The van der Waals surface area contributed by atoms with E-state index >= 15 is 0 Å². The first kappa shape index (κ1) is 13.0. The lowest BCUT2D eigenvalue weighted by molar-refractivity contribution is 0.590. The van der Waals surface area contributed by atoms with Crippen molar-refractivity contribution in [3.8, 4) is 11.3 Å². The number of benzene rings is 1. The number of nitrogens with zero attached hydrogens (tertiary/aromatic N) is 3. The van der Waals surface area contributed by atoms with E-state index in [1.54, 1.807) is 0 Å². The van der Waals surface area contributed by atoms with Gasteiger partial charge in [-0.15, -0.1) is 0 Å². The molecule has 2 N–H and O–H groups in total. The second-order valence-corrected chi connectivity index (χ2v) is 5.87. The van der Waals surface area contributed by atoms with Gasteiger partial charge in [-0.2, -0.15) is 0 Å². The minimum absolute atomic E-state index is 0.330. The van der Waals surface area contributed by atoms with Gasteiger partial charge in [-0.25, -0.2) is 4.98 Å². The smallest absolute Gasteiger partial charge is 0.131 e. The molecular formula is C16H22N4. The number of nitrogen functional groups attached to an aromatic ring is 1. The van der Waals surface area contributed by atoms with E-state index in [-0.39, 0.29) is 0 Å². The third kappa shape index (κ3) is 1.87. The first-order chi connectivity index (χ1) is 9.49. The Morgan fingerprint density at radius 2 is 2.05 bits per heavy atom. The monoisotopic (exact) mass is 270 g/mol. The average Bonchev–Trinajstić information content (AvgIpc) is 2.90. The Morgan fingerprint density at radius 3 is 2.70 bits per heavy atom. The Hall–Kier alpha value is -1.97. The summed E-state index contributed by atoms with van der Waals surface area (Å²) in [5, 5.41) is 0. The summed E-state index contributed by atoms with van der Waals surface area (Å²) in [5.41, 5.74) is 11.1. The summed E-state index contributed by atoms with van der Waals surface area (Å²) in [6.07, 6.45) is 1.10. The minimum atomic E-state index is 0.330. The molecule has 0 radical (unpaired) electrons. The van der Waals surface area contributed by atoms with E-state index in [4.69, 9.17) is 5.73 Å². The Morgan fingerprint density at radius 1 is 1.30 bits per heavy atom. The van der Waals surface area contributed by atoms with E-state index in [1.165, 1.54) is 11.3 Å². The fourth-order valence-electron chi connectivity index (χ4n) is 3.14. The van der Waals surface area contributed by atoms with Gasteiger partial charge in [-0.05, 0) is 44.9 Å². The third-order valence-corrected chi connectivity index (χ3v) is 4.12. The Labute approximate surface area is 120 Å². The van der Waals surface area contributed by atoms with Crippen molar-refractivity contribution in [1.82, 2.24) is 9.55 Å². The van der Waals surface area contributed by atoms with Crippen LogP contribution in [0.2, 0.25) is 0 Å². The van der Waals surface area contributed by atoms with Crippen LogP contribution in [0.5, 0.6) is 0 Å². The number of rotatable bonds is 2. The summed E-state index contributed by atoms with van der Waals surface area (Å²) in [4.78, 5) is 6.96. The van der Waals surface area contributed by atoms with E-state index in [0.29, 0.717) is 6.04 Å². The second kappa shape index (κ2) is 4.54. The Balaban J connectivity index is 2.09. The Kier molecular flexibility index (Phi) is 2.96. The van der Waals surface area contributed by atoms with Crippen LogP contribution in [0.15, 0.2) is 18.2 Å². The van der Waals surface area contributed by atoms with E-state index < -0.39 is 0 Å². The van der Waals surface area contributed by atoms with E-state index in [1.807, 2.05) is 6.92 Å². The van der Waals surface area contributed by atoms with Gasteiger partial charge in [0.1, 0.15) is 17.3 Å². The van der Waals surface area contributed by atoms with Gasteiger partial charge in [-0.3, -0.25) is 0 Å². The molecule has 0 unspecified atom stereocenters. The molecule has 106 valence electrons. The molecule has 1 aliphatic heterocycles. The molecule has 2 heterocycles. The van der Waals surface area contributed by atoms with Gasteiger partial charge in [-0.1, -0.05) is 6.07 Å². The number of imidazole rings is 1. The number of likely N-dealkylation sites (N-methyl/N-ethyl adjacent to an activating group) is 1. The van der Waals surface area contributed by atoms with Crippen molar-refractivity contribution >= 4 is 11.5 Å². The molecule has 0 atom stereocenters. The van der Waals surface area contributed by atoms with E-state index in [0.717, 1.165) is 35.9 Å². The molecular weight excluding hydrogens is 248 g/mol. The zero-order valence-electron chi connectivity index (χ0n) is 12.6. The fourth-order valence-corrected chi connectivity index (χ4v) is 3.14. The van der Waals surface area contributed by atoms with Crippen LogP contribution in [0, 0.1) is 6.92 Å². The number of nitrogens with two attached hydrogens (primary N) is 1. The topological polar surface area (TPSA) is 47.1 Å². The summed E-state index contributed by atoms with van der Waals surface area (Å²) in [5.74, 6) is 1.74. The molecule has 0 fully saturated rings. The molecule has 4 nitrogen and oxygen atoms in total. The molecule has 0 aliphatic carbocycles. The zero-order valence-corrected chi connectivity index (χ0v) is 12.6. The highest BCUT2D eigenvalue weighted by atomic mass is 15.2. The molecule has 4 heteroatoms. The van der Waals surface area contributed by atoms with Gasteiger partial charge in [0.2, 0.25) is 0 Å². The normalized spacial score (nSPS) is 14.2. The summed E-state index contributed by atoms with van der Waals surface area (Å²) in [7, 11) is 2.14. The summed E-state index contributed by atoms with van der Waals surface area (Å²) in [6.45, 7) is 7.37. The largest absolute Gasteiger partial charge is 0.383 e. The first-order valence-corrected chi connectivity index (χ1v) is 7.17. The SMILES string of the molecule is Cc1nc(-c2ccc3c(c2)CCN3C)c(N)n1C(C)C. The van der Waals surface area contributed by atoms with Crippen LogP contribution in [0.25, 0.3) is 11.3 Å². The molecule has 0 saturated carbocycles. The van der Waals surface area contributed by atoms with Crippen LogP contribution in [-0.2, 0) is 6.42 Å². The number of hydrogen-bond acceptors (Lipinski definition) is 3. The van der Waals surface area contributed by atoms with E-state index in [2.05, 4.69) is 53.5 Å². The zero-order chi connectivity index (χ0) is 14.4. The molecule has 1 aromatic heterocycles. The van der Waals surface area contributed by atoms with Crippen molar-refractivity contribution in [1.29, 1.82) is 0 Å². The standard InChI is InChI=1S/C16H22N4/c1-10(2)20-11(3)18-15(16(20)17)13-5-6-14-12(9-13)7-8-19(14)4/h5-6,9-10H,7-8,17H2,1-4H3. The van der Waals surface area contributed by atoms with Gasteiger partial charge in [0.25, 0.3) is 0 Å². The number of fused-ring (bicyclic) bond motifs is 1. The summed E-state index contributed by atoms with van der Waals surface area (Å²) in [6, 6.07) is 6.88. The fraction of sp³-hybridized carbons (Fsp3) is 0.438. The predicted octanol–water partition coefficient (Wildman–Crippen LogP) is 3.01. The van der Waals surface area contributed by atoms with Gasteiger partial charge in [0.15, 0.2) is 0 Å². The van der Waals surface area contributed by atoms with Crippen molar-refractivity contribution in [2.75, 3.05) is 24.2 Å². The summed E-state index contributed by atoms with van der Waals surface area (Å²) < 4.78 is 2.09. The second-order valence-electron chi connectivity index (χ2n) is 5.87. The number of aromatic nitrogens is 2. The number of aryl methyl sites for hydroxylation is 1. The molecule has 1 aliphatic rings. The number of hydrogen-bond donors (Lipinski definition) is 1. The first-order valence-electron chi connectivity index (χ1n) is 7.17. The van der Waals surface area contributed by atoms with Gasteiger partial charge < -0.3 is 15.2 Å².